The van der Waals surface area contributed by atoms with Crippen LogP contribution < -0.4 is 15.4 Å². The molecule has 5 rings (SSSR count). The molecule has 0 heterocycles. The van der Waals surface area contributed by atoms with Crippen molar-refractivity contribution in [2.24, 2.45) is 17.8 Å². The average Bonchev–Trinajstić information content (AvgIpc) is 2.53. The zero-order valence-electron chi connectivity index (χ0n) is 15.1. The van der Waals surface area contributed by atoms with E-state index in [9.17, 15) is 8.42 Å². The molecule has 0 unspecified atom stereocenters. The first-order chi connectivity index (χ1) is 12.4. The number of hydrogen-bond acceptors (Lipinski definition) is 3. The second-order valence-corrected chi connectivity index (χ2v) is 10.4. The predicted molar refractivity (Wildman–Crippen MR) is 108 cm³/mol. The Hall–Kier alpha value is -1.18. The fourth-order valence-corrected chi connectivity index (χ4v) is 7.33. The van der Waals surface area contributed by atoms with Gasteiger partial charge in [0.2, 0.25) is 10.0 Å². The molecule has 3 N–H and O–H groups in total. The normalized spacial score (nSPS) is 32.4. The topological polar surface area (TPSA) is 70.2 Å². The molecule has 4 aliphatic rings. The molecule has 0 radical (unpaired) electrons. The third-order valence-corrected chi connectivity index (χ3v) is 7.99. The molecule has 7 heteroatoms. The van der Waals surface area contributed by atoms with Crippen LogP contribution in [0.5, 0.6) is 0 Å². The summed E-state index contributed by atoms with van der Waals surface area (Å²) in [6, 6.07) is 6.83. The highest BCUT2D eigenvalue weighted by Gasteiger charge is 2.52. The molecular weight excluding hydrogens is 366 g/mol. The maximum atomic E-state index is 13.0. The lowest BCUT2D eigenvalue weighted by Gasteiger charge is -2.56. The number of anilines is 1. The summed E-state index contributed by atoms with van der Waals surface area (Å²) in [7, 11) is -3.50. The first-order valence-electron chi connectivity index (χ1n) is 9.56. The van der Waals surface area contributed by atoms with Crippen LogP contribution >= 0.6 is 12.2 Å². The van der Waals surface area contributed by atoms with Gasteiger partial charge >= 0.3 is 0 Å². The van der Waals surface area contributed by atoms with Crippen molar-refractivity contribution < 1.29 is 8.42 Å². The monoisotopic (exact) mass is 393 g/mol. The zero-order valence-corrected chi connectivity index (χ0v) is 16.8. The second-order valence-electron chi connectivity index (χ2n) is 8.31. The summed E-state index contributed by atoms with van der Waals surface area (Å²) in [6.45, 7) is 2.72. The maximum absolute atomic E-state index is 13.0. The lowest BCUT2D eigenvalue weighted by molar-refractivity contribution is -0.00810. The number of thiocarbonyl (C=S) groups is 1. The number of nitrogens with one attached hydrogen (secondary N) is 3. The van der Waals surface area contributed by atoms with Gasteiger partial charge in [0.05, 0.1) is 4.90 Å². The molecule has 0 amide bonds. The minimum absolute atomic E-state index is 0.211. The van der Waals surface area contributed by atoms with Crippen molar-refractivity contribution in [2.45, 2.75) is 55.9 Å². The van der Waals surface area contributed by atoms with Crippen LogP contribution in [-0.2, 0) is 10.0 Å². The molecule has 4 aliphatic carbocycles. The van der Waals surface area contributed by atoms with Gasteiger partial charge in [-0.25, -0.2) is 13.1 Å². The van der Waals surface area contributed by atoms with E-state index in [4.69, 9.17) is 12.2 Å². The largest absolute Gasteiger partial charge is 0.363 e. The molecule has 0 saturated heterocycles. The molecule has 0 aliphatic heterocycles. The molecule has 0 spiro atoms. The van der Waals surface area contributed by atoms with E-state index < -0.39 is 10.0 Å². The molecule has 5 nitrogen and oxygen atoms in total. The Morgan fingerprint density at radius 3 is 2.12 bits per heavy atom. The summed E-state index contributed by atoms with van der Waals surface area (Å²) in [5, 5.41) is 6.60. The third kappa shape index (κ3) is 3.62. The summed E-state index contributed by atoms with van der Waals surface area (Å²) in [4.78, 5) is 0.327. The highest BCUT2D eigenvalue weighted by Crippen LogP contribution is 2.55. The van der Waals surface area contributed by atoms with E-state index in [1.807, 2.05) is 6.92 Å². The number of hydrogen-bond donors (Lipinski definition) is 3. The Balaban J connectivity index is 1.48. The highest BCUT2D eigenvalue weighted by molar-refractivity contribution is 7.89. The van der Waals surface area contributed by atoms with Crippen molar-refractivity contribution in [1.29, 1.82) is 0 Å². The fraction of sp³-hybridized carbons (Fsp3) is 0.632. The van der Waals surface area contributed by atoms with Crippen molar-refractivity contribution >= 4 is 33.0 Å². The van der Waals surface area contributed by atoms with E-state index in [-0.39, 0.29) is 5.54 Å². The minimum Gasteiger partial charge on any atom is -0.363 e. The number of benzene rings is 1. The number of sulfonamides is 1. The lowest BCUT2D eigenvalue weighted by Crippen LogP contribution is -2.59. The van der Waals surface area contributed by atoms with Crippen molar-refractivity contribution in [3.05, 3.63) is 24.3 Å². The van der Waals surface area contributed by atoms with Crippen LogP contribution in [0.1, 0.15) is 45.4 Å². The second kappa shape index (κ2) is 6.77. The van der Waals surface area contributed by atoms with Crippen molar-refractivity contribution in [3.8, 4) is 0 Å². The van der Waals surface area contributed by atoms with Gasteiger partial charge in [-0.2, -0.15) is 0 Å². The molecule has 4 bridgehead atoms. The van der Waals surface area contributed by atoms with E-state index in [1.165, 1.54) is 19.3 Å². The Morgan fingerprint density at radius 1 is 1.08 bits per heavy atom. The van der Waals surface area contributed by atoms with Gasteiger partial charge in [-0.05, 0) is 99.7 Å². The molecule has 142 valence electrons. The van der Waals surface area contributed by atoms with Crippen LogP contribution in [0, 0.1) is 17.8 Å². The molecule has 0 atom stereocenters. The van der Waals surface area contributed by atoms with Crippen molar-refractivity contribution in [2.75, 3.05) is 11.9 Å². The zero-order chi connectivity index (χ0) is 18.4. The molecular formula is C19H27N3O2S2. The van der Waals surface area contributed by atoms with Gasteiger partial charge in [0, 0.05) is 17.8 Å². The highest BCUT2D eigenvalue weighted by atomic mass is 32.2. The summed E-state index contributed by atoms with van der Waals surface area (Å²) >= 11 is 5.16. The summed E-state index contributed by atoms with van der Waals surface area (Å²) in [5.74, 6) is 2.13. The van der Waals surface area contributed by atoms with Crippen LogP contribution in [-0.4, -0.2) is 25.6 Å². The first-order valence-corrected chi connectivity index (χ1v) is 11.5. The number of rotatable bonds is 5. The van der Waals surface area contributed by atoms with Gasteiger partial charge in [-0.1, -0.05) is 0 Å². The van der Waals surface area contributed by atoms with Crippen LogP contribution in [0.2, 0.25) is 0 Å². The van der Waals surface area contributed by atoms with Crippen LogP contribution in [0.15, 0.2) is 29.2 Å². The summed E-state index contributed by atoms with van der Waals surface area (Å²) in [5.41, 5.74) is 0.571. The van der Waals surface area contributed by atoms with E-state index in [2.05, 4.69) is 15.4 Å². The van der Waals surface area contributed by atoms with E-state index in [0.29, 0.717) is 27.8 Å². The first kappa shape index (κ1) is 18.2. The average molecular weight is 394 g/mol. The smallest absolute Gasteiger partial charge is 0.241 e. The minimum atomic E-state index is -3.50. The van der Waals surface area contributed by atoms with Crippen LogP contribution in [0.25, 0.3) is 0 Å². The third-order valence-electron chi connectivity index (χ3n) is 6.15. The van der Waals surface area contributed by atoms with E-state index >= 15 is 0 Å². The quantitative estimate of drug-likeness (QED) is 0.670. The van der Waals surface area contributed by atoms with Gasteiger partial charge in [0.1, 0.15) is 0 Å². The Morgan fingerprint density at radius 2 is 1.62 bits per heavy atom. The molecule has 1 aromatic carbocycles. The summed E-state index contributed by atoms with van der Waals surface area (Å²) < 4.78 is 29.1. The van der Waals surface area contributed by atoms with Crippen molar-refractivity contribution in [1.82, 2.24) is 10.0 Å². The van der Waals surface area contributed by atoms with E-state index in [0.717, 1.165) is 31.5 Å². The van der Waals surface area contributed by atoms with Crippen LogP contribution in [0.3, 0.4) is 0 Å². The van der Waals surface area contributed by atoms with Gasteiger partial charge < -0.3 is 10.6 Å². The lowest BCUT2D eigenvalue weighted by atomic mass is 9.53. The molecule has 26 heavy (non-hydrogen) atoms. The summed E-state index contributed by atoms with van der Waals surface area (Å²) in [6.07, 6.45) is 6.92. The molecule has 0 aromatic heterocycles. The van der Waals surface area contributed by atoms with Crippen LogP contribution in [0.4, 0.5) is 5.69 Å². The Bertz CT molecular complexity index is 754. The maximum Gasteiger partial charge on any atom is 0.241 e. The van der Waals surface area contributed by atoms with Gasteiger partial charge in [-0.15, -0.1) is 0 Å². The predicted octanol–water partition coefficient (Wildman–Crippen LogP) is 3.24. The Labute approximate surface area is 161 Å². The standard InChI is InChI=1S/C19H27N3O2S2/c1-2-20-18(25)21-16-3-5-17(6-4-16)26(23,24)22-19-10-13-7-14(11-19)9-15(8-13)12-19/h3-6,13-15,22H,2,7-12H2,1H3,(H2,20,21,25). The SMILES string of the molecule is CCNC(=S)Nc1ccc(S(=O)(=O)NC23CC4CC(CC(C4)C2)C3)cc1. The Kier molecular flexibility index (Phi) is 4.73. The van der Waals surface area contributed by atoms with Crippen molar-refractivity contribution in [3.63, 3.8) is 0 Å². The van der Waals surface area contributed by atoms with Gasteiger partial charge in [-0.3, -0.25) is 0 Å². The fourth-order valence-electron chi connectivity index (χ4n) is 5.63. The van der Waals surface area contributed by atoms with Gasteiger partial charge in [0.25, 0.3) is 0 Å². The molecule has 4 saturated carbocycles. The molecule has 1 aromatic rings. The van der Waals surface area contributed by atoms with E-state index in [1.54, 1.807) is 24.3 Å². The van der Waals surface area contributed by atoms with Gasteiger partial charge in [0.15, 0.2) is 5.11 Å². The molecule has 4 fully saturated rings.